The molecule has 1 aromatic rings. The van der Waals surface area contributed by atoms with Crippen LogP contribution in [0.1, 0.15) is 88.7 Å². The van der Waals surface area contributed by atoms with Crippen LogP contribution in [0.25, 0.3) is 0 Å². The van der Waals surface area contributed by atoms with Crippen LogP contribution in [0.4, 0.5) is 18.9 Å². The van der Waals surface area contributed by atoms with Crippen molar-refractivity contribution in [2.75, 3.05) is 4.72 Å². The molecule has 6 nitrogen and oxygen atoms in total. The van der Waals surface area contributed by atoms with E-state index in [1.54, 1.807) is 12.1 Å². The van der Waals surface area contributed by atoms with Crippen LogP contribution in [-0.2, 0) is 16.7 Å². The molecule has 3 aliphatic carbocycles. The zero-order chi connectivity index (χ0) is 27.2. The fourth-order valence-corrected chi connectivity index (χ4v) is 8.18. The van der Waals surface area contributed by atoms with Gasteiger partial charge < -0.3 is 10.2 Å². The average molecular weight is 546 g/mol. The highest BCUT2D eigenvalue weighted by Crippen LogP contribution is 2.69. The van der Waals surface area contributed by atoms with Gasteiger partial charge in [-0.05, 0) is 105 Å². The summed E-state index contributed by atoms with van der Waals surface area (Å²) in [6.07, 6.45) is 1.07. The van der Waals surface area contributed by atoms with E-state index in [0.29, 0.717) is 18.5 Å². The monoisotopic (exact) mass is 545 g/mol. The summed E-state index contributed by atoms with van der Waals surface area (Å²) in [5, 5.41) is 20.2. The summed E-state index contributed by atoms with van der Waals surface area (Å²) in [5.74, 6) is 0.448. The number of hydrogen-bond donors (Lipinski definition) is 4. The molecule has 0 amide bonds. The van der Waals surface area contributed by atoms with Gasteiger partial charge in [-0.25, -0.2) is 0 Å². The molecule has 0 heterocycles. The van der Waals surface area contributed by atoms with Gasteiger partial charge in [0.05, 0.1) is 11.8 Å². The van der Waals surface area contributed by atoms with Crippen molar-refractivity contribution in [2.24, 2.45) is 16.7 Å². The molecule has 0 radical (unpaired) electrons. The van der Waals surface area contributed by atoms with E-state index >= 15 is 0 Å². The van der Waals surface area contributed by atoms with Gasteiger partial charge in [0.2, 0.25) is 0 Å². The molecule has 0 aromatic heterocycles. The largest absolute Gasteiger partial charge is 0.414 e. The van der Waals surface area contributed by atoms with Crippen molar-refractivity contribution in [2.45, 2.75) is 102 Å². The summed E-state index contributed by atoms with van der Waals surface area (Å²) in [6.45, 7) is 4.31. The third-order valence-electron chi connectivity index (χ3n) is 9.57. The summed E-state index contributed by atoms with van der Waals surface area (Å²) < 4.78 is 71.7. The number of anilines is 1. The van der Waals surface area contributed by atoms with Crippen LogP contribution < -0.4 is 4.72 Å². The molecular formula is C27H38F3NO5S. The number of aryl methyl sites for hydroxylation is 1. The fraction of sp³-hybridized carbons (Fsp3) is 0.704. The maximum atomic E-state index is 12.6. The van der Waals surface area contributed by atoms with Crippen LogP contribution in [0, 0.1) is 16.7 Å². The first-order chi connectivity index (χ1) is 17.2. The summed E-state index contributed by atoms with van der Waals surface area (Å²) >= 11 is 0. The van der Waals surface area contributed by atoms with Gasteiger partial charge in [-0.15, -0.1) is 0 Å². The minimum atomic E-state index is -4.58. The maximum absolute atomic E-state index is 12.6. The molecule has 4 N–H and O–H groups in total. The number of benzene rings is 1. The first kappa shape index (κ1) is 28.4. The van der Waals surface area contributed by atoms with E-state index in [4.69, 9.17) is 0 Å². The number of aliphatic hydroxyl groups excluding tert-OH is 2. The topological polar surface area (TPSA) is 107 Å². The minimum absolute atomic E-state index is 0.183. The standard InChI is InChI=1S/C27H38F3NO5S/c1-17(6-4-3-5-7-24(33)27(28,29)30)26-15-12-18-16-19(31-37(34,35)36)8-9-20(18)21(26)13-14-25(2)22(26)10-11-23(25)32/h6,8-9,16,21-24,31-33H,3-5,7,10-15H2,1-2H3,(H,34,35,36)/t21?,22?,23-,24?,25-,26?/m0/s1. The minimum Gasteiger partial charge on any atom is -0.393 e. The Bertz CT molecular complexity index is 1140. The van der Waals surface area contributed by atoms with Crippen molar-refractivity contribution in [3.8, 4) is 0 Å². The van der Waals surface area contributed by atoms with Gasteiger partial charge in [0.1, 0.15) is 6.10 Å². The van der Waals surface area contributed by atoms with Gasteiger partial charge >= 0.3 is 16.5 Å². The summed E-state index contributed by atoms with van der Waals surface area (Å²) in [5.41, 5.74) is 3.35. The van der Waals surface area contributed by atoms with Crippen molar-refractivity contribution in [1.82, 2.24) is 0 Å². The fourth-order valence-electron chi connectivity index (χ4n) is 7.76. The molecular weight excluding hydrogens is 507 g/mol. The predicted molar refractivity (Wildman–Crippen MR) is 135 cm³/mol. The van der Waals surface area contributed by atoms with Crippen LogP contribution in [0.2, 0.25) is 0 Å². The zero-order valence-corrected chi connectivity index (χ0v) is 22.2. The van der Waals surface area contributed by atoms with Crippen molar-refractivity contribution >= 4 is 16.0 Å². The molecule has 0 aliphatic heterocycles. The highest BCUT2D eigenvalue weighted by molar-refractivity contribution is 7.87. The van der Waals surface area contributed by atoms with Crippen LogP contribution in [-0.4, -0.2) is 41.6 Å². The predicted octanol–water partition coefficient (Wildman–Crippen LogP) is 5.92. The van der Waals surface area contributed by atoms with E-state index in [1.165, 1.54) is 5.57 Å². The number of allylic oxidation sites excluding steroid dienone is 2. The van der Waals surface area contributed by atoms with Gasteiger partial charge in [-0.1, -0.05) is 31.1 Å². The van der Waals surface area contributed by atoms with E-state index in [0.717, 1.165) is 49.7 Å². The lowest BCUT2D eigenvalue weighted by Gasteiger charge is -2.59. The molecule has 4 unspecified atom stereocenters. The number of unbranched alkanes of at least 4 members (excludes halogenated alkanes) is 2. The number of hydrogen-bond acceptors (Lipinski definition) is 4. The molecule has 1 aromatic carbocycles. The number of rotatable bonds is 8. The zero-order valence-electron chi connectivity index (χ0n) is 21.4. The highest BCUT2D eigenvalue weighted by Gasteiger charge is 2.62. The molecule has 3 aliphatic rings. The summed E-state index contributed by atoms with van der Waals surface area (Å²) in [4.78, 5) is 0. The first-order valence-electron chi connectivity index (χ1n) is 13.2. The first-order valence-corrected chi connectivity index (χ1v) is 14.6. The van der Waals surface area contributed by atoms with Crippen LogP contribution in [0.3, 0.4) is 0 Å². The number of halogens is 3. The molecule has 0 bridgehead atoms. The molecule has 2 saturated carbocycles. The van der Waals surface area contributed by atoms with Crippen molar-refractivity contribution in [3.63, 3.8) is 0 Å². The quantitative estimate of drug-likeness (QED) is 0.184. The smallest absolute Gasteiger partial charge is 0.393 e. The molecule has 208 valence electrons. The van der Waals surface area contributed by atoms with Gasteiger partial charge in [0, 0.05) is 5.41 Å². The number of nitrogens with one attached hydrogen (secondary N) is 1. The Morgan fingerprint density at radius 1 is 1.22 bits per heavy atom. The van der Waals surface area contributed by atoms with Gasteiger partial charge in [0.25, 0.3) is 0 Å². The van der Waals surface area contributed by atoms with Crippen LogP contribution >= 0.6 is 0 Å². The Morgan fingerprint density at radius 3 is 2.62 bits per heavy atom. The highest BCUT2D eigenvalue weighted by atomic mass is 32.2. The molecule has 6 atom stereocenters. The van der Waals surface area contributed by atoms with Gasteiger partial charge in [-0.2, -0.15) is 21.6 Å². The van der Waals surface area contributed by atoms with E-state index in [2.05, 4.69) is 24.6 Å². The second-order valence-electron chi connectivity index (χ2n) is 11.5. The lowest BCUT2D eigenvalue weighted by molar-refractivity contribution is -0.205. The summed E-state index contributed by atoms with van der Waals surface area (Å²) in [6, 6.07) is 5.40. The van der Waals surface area contributed by atoms with Gasteiger partial charge in [0.15, 0.2) is 0 Å². The Morgan fingerprint density at radius 2 is 1.95 bits per heavy atom. The summed E-state index contributed by atoms with van der Waals surface area (Å²) in [7, 11) is -4.37. The third-order valence-corrected chi connectivity index (χ3v) is 10.1. The second-order valence-corrected chi connectivity index (χ2v) is 12.7. The molecule has 4 rings (SSSR count). The number of alkyl halides is 3. The van der Waals surface area contributed by atoms with Crippen molar-refractivity contribution in [3.05, 3.63) is 41.0 Å². The lowest BCUT2D eigenvalue weighted by atomic mass is 9.45. The van der Waals surface area contributed by atoms with Gasteiger partial charge in [-0.3, -0.25) is 9.27 Å². The Labute approximate surface area is 217 Å². The van der Waals surface area contributed by atoms with Crippen LogP contribution in [0.5, 0.6) is 0 Å². The SMILES string of the molecule is CC(=CCCCCC(O)C(F)(F)F)C12CCc3cc(NS(=O)(=O)O)ccc3C1CC[C@@]1(C)C2CC[C@@H]1O. The molecule has 0 spiro atoms. The van der Waals surface area contributed by atoms with Crippen LogP contribution in [0.15, 0.2) is 29.8 Å². The number of aliphatic hydroxyl groups is 2. The van der Waals surface area contributed by atoms with E-state index in [-0.39, 0.29) is 41.6 Å². The Kier molecular flexibility index (Phi) is 7.80. The van der Waals surface area contributed by atoms with E-state index in [1.807, 2.05) is 6.07 Å². The lowest BCUT2D eigenvalue weighted by Crippen LogP contribution is -2.52. The third kappa shape index (κ3) is 5.44. The molecule has 2 fully saturated rings. The normalized spacial score (nSPS) is 32.9. The Balaban J connectivity index is 1.61. The maximum Gasteiger partial charge on any atom is 0.414 e. The van der Waals surface area contributed by atoms with E-state index < -0.39 is 22.6 Å². The average Bonchev–Trinajstić information content (AvgIpc) is 3.11. The molecule has 0 saturated heterocycles. The molecule has 37 heavy (non-hydrogen) atoms. The molecule has 10 heteroatoms. The van der Waals surface area contributed by atoms with E-state index in [9.17, 15) is 36.4 Å². The van der Waals surface area contributed by atoms with Crippen molar-refractivity contribution < 1.29 is 36.4 Å². The number of fused-ring (bicyclic) bond motifs is 5. The Hall–Kier alpha value is -1.62. The van der Waals surface area contributed by atoms with Crippen molar-refractivity contribution in [1.29, 1.82) is 0 Å². The second kappa shape index (κ2) is 10.2.